The molecule has 0 bridgehead atoms. The Bertz CT molecular complexity index is 88.1. The van der Waals surface area contributed by atoms with Crippen LogP contribution in [0.15, 0.2) is 11.0 Å². The van der Waals surface area contributed by atoms with E-state index in [0.717, 1.165) is 13.0 Å². The summed E-state index contributed by atoms with van der Waals surface area (Å²) in [6.45, 7) is 2.94. The van der Waals surface area contributed by atoms with Crippen molar-refractivity contribution in [3.63, 3.8) is 0 Å². The predicted octanol–water partition coefficient (Wildman–Crippen LogP) is 1.96. The summed E-state index contributed by atoms with van der Waals surface area (Å²) in [7, 11) is 0. The minimum Gasteiger partial charge on any atom is -0.310 e. The molecule has 40 valence electrons. The standard InChI is InChI=1S/C5H8OS/c1-5-3-2-4-6-7-5/h3H,2,4H2,1H3. The molecule has 1 nitrogen and oxygen atoms in total. The largest absolute Gasteiger partial charge is 0.310 e. The van der Waals surface area contributed by atoms with Gasteiger partial charge in [0, 0.05) is 16.9 Å². The number of allylic oxidation sites excluding steroid dienone is 1. The van der Waals surface area contributed by atoms with Gasteiger partial charge in [-0.1, -0.05) is 6.08 Å². The van der Waals surface area contributed by atoms with Crippen molar-refractivity contribution < 1.29 is 4.18 Å². The molecule has 0 amide bonds. The maximum atomic E-state index is 5.03. The van der Waals surface area contributed by atoms with E-state index in [1.807, 2.05) is 0 Å². The normalized spacial score (nSPS) is 21.6. The summed E-state index contributed by atoms with van der Waals surface area (Å²) < 4.78 is 5.03. The molecule has 1 heterocycles. The van der Waals surface area contributed by atoms with Gasteiger partial charge in [-0.2, -0.15) is 0 Å². The van der Waals surface area contributed by atoms with E-state index in [0.29, 0.717) is 0 Å². The zero-order chi connectivity index (χ0) is 5.11. The third kappa shape index (κ3) is 1.53. The number of hydrogen-bond acceptors (Lipinski definition) is 2. The van der Waals surface area contributed by atoms with Crippen molar-refractivity contribution in [1.29, 1.82) is 0 Å². The Morgan fingerprint density at radius 3 is 3.00 bits per heavy atom. The third-order valence-corrected chi connectivity index (χ3v) is 1.54. The van der Waals surface area contributed by atoms with Crippen LogP contribution in [0.3, 0.4) is 0 Å². The third-order valence-electron chi connectivity index (χ3n) is 0.823. The van der Waals surface area contributed by atoms with Gasteiger partial charge in [0.1, 0.15) is 0 Å². The van der Waals surface area contributed by atoms with Crippen LogP contribution in [-0.4, -0.2) is 6.61 Å². The van der Waals surface area contributed by atoms with Crippen molar-refractivity contribution in [1.82, 2.24) is 0 Å². The van der Waals surface area contributed by atoms with E-state index in [1.54, 1.807) is 0 Å². The van der Waals surface area contributed by atoms with Crippen molar-refractivity contribution >= 4 is 12.0 Å². The van der Waals surface area contributed by atoms with Gasteiger partial charge in [-0.05, 0) is 13.3 Å². The molecule has 0 saturated carbocycles. The van der Waals surface area contributed by atoms with Gasteiger partial charge in [-0.25, -0.2) is 0 Å². The maximum Gasteiger partial charge on any atom is 0.0653 e. The van der Waals surface area contributed by atoms with Gasteiger partial charge >= 0.3 is 0 Å². The van der Waals surface area contributed by atoms with Crippen LogP contribution < -0.4 is 0 Å². The molecule has 1 aliphatic heterocycles. The van der Waals surface area contributed by atoms with Gasteiger partial charge in [0.15, 0.2) is 0 Å². The van der Waals surface area contributed by atoms with Crippen LogP contribution in [-0.2, 0) is 4.18 Å². The van der Waals surface area contributed by atoms with Crippen LogP contribution in [0.5, 0.6) is 0 Å². The SMILES string of the molecule is CC1=CCCOS1. The molecule has 0 aromatic heterocycles. The fourth-order valence-corrected chi connectivity index (χ4v) is 1.03. The number of hydrogen-bond donors (Lipinski definition) is 0. The summed E-state index contributed by atoms with van der Waals surface area (Å²) >= 11 is 1.48. The highest BCUT2D eigenvalue weighted by molar-refractivity contribution is 7.98. The summed E-state index contributed by atoms with van der Waals surface area (Å²) in [4.78, 5) is 1.28. The van der Waals surface area contributed by atoms with Crippen LogP contribution in [0.1, 0.15) is 13.3 Å². The first-order chi connectivity index (χ1) is 3.39. The molecule has 0 aliphatic carbocycles. The Hall–Kier alpha value is 0.0500. The molecule has 0 spiro atoms. The summed E-state index contributed by atoms with van der Waals surface area (Å²) in [5.41, 5.74) is 0. The lowest BCUT2D eigenvalue weighted by Gasteiger charge is -2.05. The van der Waals surface area contributed by atoms with Crippen molar-refractivity contribution in [2.75, 3.05) is 6.61 Å². The van der Waals surface area contributed by atoms with Crippen molar-refractivity contribution in [2.24, 2.45) is 0 Å². The zero-order valence-corrected chi connectivity index (χ0v) is 5.12. The van der Waals surface area contributed by atoms with Crippen LogP contribution in [0.4, 0.5) is 0 Å². The summed E-state index contributed by atoms with van der Waals surface area (Å²) in [5.74, 6) is 0. The molecular formula is C5H8OS. The van der Waals surface area contributed by atoms with E-state index in [4.69, 9.17) is 4.18 Å². The summed E-state index contributed by atoms with van der Waals surface area (Å²) in [6, 6.07) is 0. The van der Waals surface area contributed by atoms with E-state index >= 15 is 0 Å². The smallest absolute Gasteiger partial charge is 0.0653 e. The Morgan fingerprint density at radius 1 is 1.86 bits per heavy atom. The second kappa shape index (κ2) is 2.38. The molecule has 0 aromatic carbocycles. The fourth-order valence-electron chi connectivity index (χ4n) is 0.479. The van der Waals surface area contributed by atoms with Crippen LogP contribution in [0, 0.1) is 0 Å². The van der Waals surface area contributed by atoms with Crippen molar-refractivity contribution in [3.8, 4) is 0 Å². The van der Waals surface area contributed by atoms with Crippen molar-refractivity contribution in [3.05, 3.63) is 11.0 Å². The van der Waals surface area contributed by atoms with Crippen LogP contribution in [0.2, 0.25) is 0 Å². The first kappa shape index (κ1) is 5.19. The zero-order valence-electron chi connectivity index (χ0n) is 4.31. The quantitative estimate of drug-likeness (QED) is 0.447. The summed E-state index contributed by atoms with van der Waals surface area (Å²) in [6.07, 6.45) is 3.27. The van der Waals surface area contributed by atoms with Gasteiger partial charge in [-0.15, -0.1) is 0 Å². The molecule has 0 saturated heterocycles. The average Bonchev–Trinajstić information content (AvgIpc) is 1.69. The lowest BCUT2D eigenvalue weighted by atomic mass is 10.4. The van der Waals surface area contributed by atoms with Crippen LogP contribution >= 0.6 is 12.0 Å². The molecule has 1 rings (SSSR count). The lowest BCUT2D eigenvalue weighted by molar-refractivity contribution is 0.379. The first-order valence-corrected chi connectivity index (χ1v) is 3.10. The Balaban J connectivity index is 2.40. The number of rotatable bonds is 0. The molecule has 0 N–H and O–H groups in total. The Morgan fingerprint density at radius 2 is 2.71 bits per heavy atom. The lowest BCUT2D eigenvalue weighted by Crippen LogP contribution is -1.89. The fraction of sp³-hybridized carbons (Fsp3) is 0.600. The van der Waals surface area contributed by atoms with E-state index < -0.39 is 0 Å². The van der Waals surface area contributed by atoms with Gasteiger partial charge in [0.25, 0.3) is 0 Å². The minimum absolute atomic E-state index is 0.877. The molecule has 0 unspecified atom stereocenters. The predicted molar refractivity (Wildman–Crippen MR) is 31.9 cm³/mol. The monoisotopic (exact) mass is 116 g/mol. The van der Waals surface area contributed by atoms with Gasteiger partial charge in [0.2, 0.25) is 0 Å². The highest BCUT2D eigenvalue weighted by atomic mass is 32.2. The average molecular weight is 116 g/mol. The topological polar surface area (TPSA) is 9.23 Å². The van der Waals surface area contributed by atoms with E-state index in [2.05, 4.69) is 13.0 Å². The molecular weight excluding hydrogens is 108 g/mol. The van der Waals surface area contributed by atoms with Gasteiger partial charge in [0.05, 0.1) is 6.61 Å². The summed E-state index contributed by atoms with van der Waals surface area (Å²) in [5, 5.41) is 0. The minimum atomic E-state index is 0.877. The molecule has 0 atom stereocenters. The van der Waals surface area contributed by atoms with Gasteiger partial charge in [-0.3, -0.25) is 0 Å². The van der Waals surface area contributed by atoms with E-state index in [9.17, 15) is 0 Å². The molecule has 7 heavy (non-hydrogen) atoms. The maximum absolute atomic E-state index is 5.03. The van der Waals surface area contributed by atoms with E-state index in [1.165, 1.54) is 16.9 Å². The Kier molecular flexibility index (Phi) is 1.77. The second-order valence-electron chi connectivity index (χ2n) is 1.51. The highest BCUT2D eigenvalue weighted by Crippen LogP contribution is 2.20. The van der Waals surface area contributed by atoms with Crippen LogP contribution in [0.25, 0.3) is 0 Å². The van der Waals surface area contributed by atoms with E-state index in [-0.39, 0.29) is 0 Å². The first-order valence-electron chi connectivity index (χ1n) is 2.36. The molecule has 2 heteroatoms. The molecule has 0 aromatic rings. The van der Waals surface area contributed by atoms with Gasteiger partial charge < -0.3 is 4.18 Å². The Labute approximate surface area is 47.9 Å². The second-order valence-corrected chi connectivity index (χ2v) is 2.56. The molecule has 0 radical (unpaired) electrons. The molecule has 0 fully saturated rings. The highest BCUT2D eigenvalue weighted by Gasteiger charge is 1.96. The van der Waals surface area contributed by atoms with Crippen molar-refractivity contribution in [2.45, 2.75) is 13.3 Å². The molecule has 1 aliphatic rings.